The number of hydrogen-bond donors (Lipinski definition) is 2. The molecule has 0 aliphatic carbocycles. The summed E-state index contributed by atoms with van der Waals surface area (Å²) in [5.74, 6) is -0.198. The van der Waals surface area contributed by atoms with Crippen molar-refractivity contribution >= 4 is 33.8 Å². The van der Waals surface area contributed by atoms with Crippen molar-refractivity contribution in [1.29, 1.82) is 0 Å². The zero-order valence-electron chi connectivity index (χ0n) is 16.6. The Balaban J connectivity index is 1.42. The van der Waals surface area contributed by atoms with Gasteiger partial charge in [-0.2, -0.15) is 0 Å². The smallest absolute Gasteiger partial charge is 0.291 e. The monoisotopic (exact) mass is 411 g/mol. The number of thiophene rings is 1. The first-order valence-electron chi connectivity index (χ1n) is 9.54. The Kier molecular flexibility index (Phi) is 7.08. The second kappa shape index (κ2) is 9.93. The van der Waals surface area contributed by atoms with Crippen molar-refractivity contribution in [2.75, 3.05) is 30.4 Å². The molecule has 0 bridgehead atoms. The van der Waals surface area contributed by atoms with Crippen LogP contribution in [0, 0.1) is 6.92 Å². The standard InChI is InChI=1S/C22H25N3O3S/c1-16-15-19(24-21(26)18-11-8-14-28-18)29-20(16)22(27)23-12-6-7-13-25(2)17-9-4-3-5-10-17/h3-5,8-11,14-15H,6-7,12-13H2,1-2H3,(H,23,27)(H,24,26). The van der Waals surface area contributed by atoms with Crippen LogP contribution in [0.4, 0.5) is 10.7 Å². The summed E-state index contributed by atoms with van der Waals surface area (Å²) in [6, 6.07) is 15.3. The van der Waals surface area contributed by atoms with Gasteiger partial charge in [0.25, 0.3) is 11.8 Å². The number of furan rings is 1. The summed E-state index contributed by atoms with van der Waals surface area (Å²) in [6.45, 7) is 3.41. The third kappa shape index (κ3) is 5.71. The molecule has 2 N–H and O–H groups in total. The van der Waals surface area contributed by atoms with Crippen LogP contribution < -0.4 is 15.5 Å². The van der Waals surface area contributed by atoms with Gasteiger partial charge in [-0.25, -0.2) is 0 Å². The minimum Gasteiger partial charge on any atom is -0.459 e. The summed E-state index contributed by atoms with van der Waals surface area (Å²) in [7, 11) is 2.07. The van der Waals surface area contributed by atoms with Crippen molar-refractivity contribution in [3.8, 4) is 0 Å². The Morgan fingerprint density at radius 1 is 1.07 bits per heavy atom. The molecule has 2 heterocycles. The third-order valence-corrected chi connectivity index (χ3v) is 5.66. The van der Waals surface area contributed by atoms with Gasteiger partial charge < -0.3 is 20.0 Å². The number of amides is 2. The van der Waals surface area contributed by atoms with Gasteiger partial charge in [-0.3, -0.25) is 9.59 Å². The van der Waals surface area contributed by atoms with Gasteiger partial charge in [0.05, 0.1) is 16.1 Å². The normalized spacial score (nSPS) is 10.6. The molecule has 0 saturated carbocycles. The number of rotatable bonds is 9. The lowest BCUT2D eigenvalue weighted by atomic mass is 10.2. The summed E-state index contributed by atoms with van der Waals surface area (Å²) in [4.78, 5) is 27.4. The number of nitrogens with zero attached hydrogens (tertiary/aromatic N) is 1. The minimum atomic E-state index is -0.328. The van der Waals surface area contributed by atoms with Crippen LogP contribution in [-0.2, 0) is 0 Å². The van der Waals surface area contributed by atoms with Crippen LogP contribution in [0.15, 0.2) is 59.2 Å². The fourth-order valence-electron chi connectivity index (χ4n) is 2.92. The SMILES string of the molecule is Cc1cc(NC(=O)c2ccco2)sc1C(=O)NCCCCN(C)c1ccccc1. The average molecular weight is 412 g/mol. The quantitative estimate of drug-likeness (QED) is 0.507. The molecule has 1 aromatic carbocycles. The molecule has 0 aliphatic heterocycles. The molecule has 0 saturated heterocycles. The largest absolute Gasteiger partial charge is 0.459 e. The maximum Gasteiger partial charge on any atom is 0.291 e. The Labute approximate surface area is 174 Å². The van der Waals surface area contributed by atoms with E-state index in [0.29, 0.717) is 16.4 Å². The van der Waals surface area contributed by atoms with Gasteiger partial charge in [0.15, 0.2) is 5.76 Å². The Bertz CT molecular complexity index is 936. The van der Waals surface area contributed by atoms with Gasteiger partial charge in [-0.05, 0) is 55.7 Å². The van der Waals surface area contributed by atoms with Crippen molar-refractivity contribution in [3.05, 3.63) is 71.0 Å². The molecule has 0 unspecified atom stereocenters. The molecule has 7 heteroatoms. The Morgan fingerprint density at radius 3 is 2.59 bits per heavy atom. The fourth-order valence-corrected chi connectivity index (χ4v) is 3.90. The van der Waals surface area contributed by atoms with E-state index in [-0.39, 0.29) is 17.6 Å². The highest BCUT2D eigenvalue weighted by Crippen LogP contribution is 2.27. The Hall–Kier alpha value is -3.06. The van der Waals surface area contributed by atoms with Crippen molar-refractivity contribution in [2.45, 2.75) is 19.8 Å². The van der Waals surface area contributed by atoms with Gasteiger partial charge in [-0.1, -0.05) is 18.2 Å². The third-order valence-electron chi connectivity index (χ3n) is 4.51. The first kappa shape index (κ1) is 20.7. The van der Waals surface area contributed by atoms with Crippen LogP contribution in [0.3, 0.4) is 0 Å². The lowest BCUT2D eigenvalue weighted by Gasteiger charge is -2.19. The van der Waals surface area contributed by atoms with E-state index < -0.39 is 0 Å². The molecular formula is C22H25N3O3S. The van der Waals surface area contributed by atoms with E-state index in [1.807, 2.05) is 25.1 Å². The molecule has 0 fully saturated rings. The highest BCUT2D eigenvalue weighted by Gasteiger charge is 2.16. The van der Waals surface area contributed by atoms with E-state index in [1.54, 1.807) is 18.2 Å². The summed E-state index contributed by atoms with van der Waals surface area (Å²) < 4.78 is 5.08. The lowest BCUT2D eigenvalue weighted by molar-refractivity contribution is 0.0955. The van der Waals surface area contributed by atoms with Gasteiger partial charge >= 0.3 is 0 Å². The summed E-state index contributed by atoms with van der Waals surface area (Å²) in [6.07, 6.45) is 3.33. The van der Waals surface area contributed by atoms with E-state index >= 15 is 0 Å². The van der Waals surface area contributed by atoms with Crippen molar-refractivity contribution in [3.63, 3.8) is 0 Å². The zero-order chi connectivity index (χ0) is 20.6. The van der Waals surface area contributed by atoms with E-state index in [9.17, 15) is 9.59 Å². The van der Waals surface area contributed by atoms with E-state index in [4.69, 9.17) is 4.42 Å². The zero-order valence-corrected chi connectivity index (χ0v) is 17.4. The number of benzene rings is 1. The molecule has 2 aromatic heterocycles. The number of unbranched alkanes of at least 4 members (excludes halogenated alkanes) is 1. The number of nitrogens with one attached hydrogen (secondary N) is 2. The van der Waals surface area contributed by atoms with Gasteiger partial charge in [0.2, 0.25) is 0 Å². The van der Waals surface area contributed by atoms with E-state index in [0.717, 1.165) is 24.9 Å². The predicted octanol–water partition coefficient (Wildman–Crippen LogP) is 4.55. The molecule has 3 aromatic rings. The molecule has 3 rings (SSSR count). The van der Waals surface area contributed by atoms with E-state index in [1.165, 1.54) is 23.3 Å². The topological polar surface area (TPSA) is 74.6 Å². The Morgan fingerprint density at radius 2 is 1.86 bits per heavy atom. The second-order valence-electron chi connectivity index (χ2n) is 6.77. The highest BCUT2D eigenvalue weighted by atomic mass is 32.1. The van der Waals surface area contributed by atoms with Crippen LogP contribution in [0.1, 0.15) is 38.6 Å². The number of carbonyl (C=O) groups is 2. The van der Waals surface area contributed by atoms with Crippen LogP contribution in [0.25, 0.3) is 0 Å². The number of para-hydroxylation sites is 1. The van der Waals surface area contributed by atoms with Crippen LogP contribution in [-0.4, -0.2) is 32.0 Å². The minimum absolute atomic E-state index is 0.109. The van der Waals surface area contributed by atoms with Crippen molar-refractivity contribution < 1.29 is 14.0 Å². The predicted molar refractivity (Wildman–Crippen MR) is 117 cm³/mol. The second-order valence-corrected chi connectivity index (χ2v) is 7.83. The number of anilines is 2. The molecule has 0 atom stereocenters. The fraction of sp³-hybridized carbons (Fsp3) is 0.273. The molecular weight excluding hydrogens is 386 g/mol. The molecule has 2 amide bonds. The van der Waals surface area contributed by atoms with Crippen LogP contribution in [0.5, 0.6) is 0 Å². The lowest BCUT2D eigenvalue weighted by Crippen LogP contribution is -2.25. The molecule has 29 heavy (non-hydrogen) atoms. The number of carbonyl (C=O) groups excluding carboxylic acids is 2. The van der Waals surface area contributed by atoms with Gasteiger partial charge in [-0.15, -0.1) is 11.3 Å². The first-order valence-corrected chi connectivity index (χ1v) is 10.4. The number of hydrogen-bond acceptors (Lipinski definition) is 5. The maximum atomic E-state index is 12.5. The average Bonchev–Trinajstić information content (AvgIpc) is 3.38. The summed E-state index contributed by atoms with van der Waals surface area (Å²) in [5.41, 5.74) is 2.03. The highest BCUT2D eigenvalue weighted by molar-refractivity contribution is 7.18. The maximum absolute atomic E-state index is 12.5. The van der Waals surface area contributed by atoms with Crippen molar-refractivity contribution in [1.82, 2.24) is 5.32 Å². The van der Waals surface area contributed by atoms with Crippen molar-refractivity contribution in [2.24, 2.45) is 0 Å². The molecule has 0 radical (unpaired) electrons. The van der Waals surface area contributed by atoms with Gasteiger partial charge in [0, 0.05) is 25.8 Å². The molecule has 6 nitrogen and oxygen atoms in total. The van der Waals surface area contributed by atoms with Gasteiger partial charge in [0.1, 0.15) is 0 Å². The molecule has 0 aliphatic rings. The number of aryl methyl sites for hydroxylation is 1. The summed E-state index contributed by atoms with van der Waals surface area (Å²) in [5, 5.41) is 6.36. The first-order chi connectivity index (χ1) is 14.0. The summed E-state index contributed by atoms with van der Waals surface area (Å²) >= 11 is 1.27. The van der Waals surface area contributed by atoms with Crippen LogP contribution in [0.2, 0.25) is 0 Å². The molecule has 0 spiro atoms. The van der Waals surface area contributed by atoms with E-state index in [2.05, 4.69) is 34.7 Å². The van der Waals surface area contributed by atoms with Crippen LogP contribution >= 0.6 is 11.3 Å². The molecule has 152 valence electrons.